The second-order valence-electron chi connectivity index (χ2n) is 10.5. The van der Waals surface area contributed by atoms with Crippen LogP contribution in [0.2, 0.25) is 0 Å². The molecule has 0 bridgehead atoms. The van der Waals surface area contributed by atoms with E-state index in [2.05, 4.69) is 10.3 Å². The summed E-state index contributed by atoms with van der Waals surface area (Å²) >= 11 is 0. The van der Waals surface area contributed by atoms with E-state index in [9.17, 15) is 36.3 Å². The number of sulfone groups is 1. The number of halogens is 3. The van der Waals surface area contributed by atoms with Crippen LogP contribution in [0.25, 0.3) is 11.0 Å². The van der Waals surface area contributed by atoms with E-state index < -0.39 is 46.4 Å². The minimum atomic E-state index is -4.28. The molecule has 2 fully saturated rings. The van der Waals surface area contributed by atoms with Gasteiger partial charge in [0.2, 0.25) is 5.82 Å². The lowest BCUT2D eigenvalue weighted by Gasteiger charge is -2.32. The van der Waals surface area contributed by atoms with Crippen molar-refractivity contribution < 1.29 is 36.3 Å². The lowest BCUT2D eigenvalue weighted by atomic mass is 9.96. The van der Waals surface area contributed by atoms with Gasteiger partial charge in [0.1, 0.15) is 0 Å². The van der Waals surface area contributed by atoms with Crippen molar-refractivity contribution in [1.29, 1.82) is 0 Å². The Morgan fingerprint density at radius 2 is 1.73 bits per heavy atom. The van der Waals surface area contributed by atoms with Crippen LogP contribution in [0.15, 0.2) is 47.4 Å². The summed E-state index contributed by atoms with van der Waals surface area (Å²) in [5.41, 5.74) is 1.83. The molecule has 13 heteroatoms. The van der Waals surface area contributed by atoms with Crippen molar-refractivity contribution in [2.45, 2.75) is 55.8 Å². The van der Waals surface area contributed by atoms with Crippen LogP contribution >= 0.6 is 0 Å². The summed E-state index contributed by atoms with van der Waals surface area (Å²) in [4.78, 5) is 32.6. The van der Waals surface area contributed by atoms with Gasteiger partial charge in [0.25, 0.3) is 11.8 Å². The summed E-state index contributed by atoms with van der Waals surface area (Å²) in [6.07, 6.45) is -2.87. The molecule has 2 amide bonds. The predicted octanol–water partition coefficient (Wildman–Crippen LogP) is 4.04. The Bertz CT molecular complexity index is 1560. The number of piperidine rings is 1. The van der Waals surface area contributed by atoms with Crippen molar-refractivity contribution in [1.82, 2.24) is 19.8 Å². The molecule has 1 aromatic heterocycles. The van der Waals surface area contributed by atoms with Gasteiger partial charge < -0.3 is 19.9 Å². The van der Waals surface area contributed by atoms with Crippen LogP contribution < -0.4 is 5.32 Å². The maximum atomic E-state index is 13.4. The summed E-state index contributed by atoms with van der Waals surface area (Å²) in [6.45, 7) is 1.12. The zero-order valence-corrected chi connectivity index (χ0v) is 23.2. The van der Waals surface area contributed by atoms with E-state index in [0.717, 1.165) is 12.8 Å². The van der Waals surface area contributed by atoms with Crippen LogP contribution in [-0.2, 0) is 9.84 Å². The van der Waals surface area contributed by atoms with Crippen molar-refractivity contribution in [2.75, 3.05) is 25.4 Å². The molecule has 9 nitrogen and oxygen atoms in total. The number of imidazole rings is 1. The molecule has 1 saturated carbocycles. The van der Waals surface area contributed by atoms with Crippen molar-refractivity contribution >= 4 is 32.7 Å². The maximum Gasteiger partial charge on any atom is 0.391 e. The van der Waals surface area contributed by atoms with Crippen LogP contribution in [0.3, 0.4) is 0 Å². The number of likely N-dealkylation sites (tertiary alicyclic amines) is 1. The van der Waals surface area contributed by atoms with Gasteiger partial charge in [-0.25, -0.2) is 13.4 Å². The number of hydrogen-bond donors (Lipinski definition) is 2. The first-order valence-corrected chi connectivity index (χ1v) is 15.2. The van der Waals surface area contributed by atoms with Gasteiger partial charge in [0.15, 0.2) is 9.84 Å². The van der Waals surface area contributed by atoms with Crippen molar-refractivity contribution in [3.8, 4) is 0 Å². The van der Waals surface area contributed by atoms with Crippen LogP contribution in [0.4, 0.5) is 13.2 Å². The van der Waals surface area contributed by atoms with E-state index in [0.29, 0.717) is 16.6 Å². The highest BCUT2D eigenvalue weighted by Crippen LogP contribution is 2.40. The van der Waals surface area contributed by atoms with Gasteiger partial charge in [-0.2, -0.15) is 13.2 Å². The Labute approximate surface area is 235 Å². The van der Waals surface area contributed by atoms with Crippen LogP contribution in [-0.4, -0.2) is 71.4 Å². The monoisotopic (exact) mass is 592 g/mol. The Balaban J connectivity index is 1.35. The number of fused-ring (bicyclic) bond motifs is 1. The zero-order valence-electron chi connectivity index (χ0n) is 22.4. The number of nitrogens with one attached hydrogen (secondary N) is 1. The molecule has 0 radical (unpaired) electrons. The lowest BCUT2D eigenvalue weighted by molar-refractivity contribution is -0.183. The van der Waals surface area contributed by atoms with Gasteiger partial charge in [0, 0.05) is 24.7 Å². The van der Waals surface area contributed by atoms with E-state index in [4.69, 9.17) is 0 Å². The molecule has 2 aliphatic rings. The van der Waals surface area contributed by atoms with Gasteiger partial charge >= 0.3 is 6.18 Å². The molecule has 3 aromatic rings. The highest BCUT2D eigenvalue weighted by molar-refractivity contribution is 7.91. The summed E-state index contributed by atoms with van der Waals surface area (Å²) in [5.74, 6) is -2.23. The molecule has 0 spiro atoms. The number of aliphatic hydroxyl groups excluding tert-OH is 1. The fourth-order valence-electron chi connectivity index (χ4n) is 5.19. The normalized spacial score (nSPS) is 17.5. The molecule has 0 unspecified atom stereocenters. The fourth-order valence-corrected chi connectivity index (χ4v) is 6.08. The quantitative estimate of drug-likeness (QED) is 0.407. The van der Waals surface area contributed by atoms with E-state index in [1.54, 1.807) is 37.3 Å². The third-order valence-corrected chi connectivity index (χ3v) is 9.56. The molecule has 1 atom stereocenters. The summed E-state index contributed by atoms with van der Waals surface area (Å²) in [6, 6.07) is 10.0. The number of nitrogens with zero attached hydrogens (tertiary/aromatic N) is 3. The Kier molecular flexibility index (Phi) is 7.86. The highest BCUT2D eigenvalue weighted by Gasteiger charge is 2.42. The van der Waals surface area contributed by atoms with Crippen molar-refractivity contribution in [2.24, 2.45) is 5.92 Å². The number of alkyl halides is 3. The highest BCUT2D eigenvalue weighted by atomic mass is 32.2. The predicted molar refractivity (Wildman–Crippen MR) is 144 cm³/mol. The molecule has 2 N–H and O–H groups in total. The topological polar surface area (TPSA) is 122 Å². The summed E-state index contributed by atoms with van der Waals surface area (Å²) in [5, 5.41) is 12.7. The van der Waals surface area contributed by atoms with E-state index in [1.807, 2.05) is 4.57 Å². The molecule has 1 saturated heterocycles. The fraction of sp³-hybridized carbons (Fsp3) is 0.464. The Morgan fingerprint density at radius 1 is 1.07 bits per heavy atom. The van der Waals surface area contributed by atoms with E-state index in [1.165, 1.54) is 17.0 Å². The average Bonchev–Trinajstić information content (AvgIpc) is 3.74. The van der Waals surface area contributed by atoms with Crippen molar-refractivity contribution in [3.05, 3.63) is 59.4 Å². The summed E-state index contributed by atoms with van der Waals surface area (Å²) in [7, 11) is -3.39. The average molecular weight is 593 g/mol. The van der Waals surface area contributed by atoms with Gasteiger partial charge in [-0.15, -0.1) is 0 Å². The smallest absolute Gasteiger partial charge is 0.391 e. The molecule has 41 heavy (non-hydrogen) atoms. The SMILES string of the molecule is CCS(=O)(=O)c1ccc([C@H](CO)NC(=O)c2ccc3c(c2)nc(C(=O)N2CCC(C(F)(F)F)CC2)n3C2CC2)cc1. The molecular formula is C28H31F3N4O5S. The number of benzene rings is 2. The van der Waals surface area contributed by atoms with E-state index >= 15 is 0 Å². The first kappa shape index (κ1) is 29.1. The second-order valence-corrected chi connectivity index (χ2v) is 12.8. The molecular weight excluding hydrogens is 561 g/mol. The molecule has 2 heterocycles. The van der Waals surface area contributed by atoms with Gasteiger partial charge in [-0.3, -0.25) is 9.59 Å². The Morgan fingerprint density at radius 3 is 2.29 bits per heavy atom. The number of aromatic nitrogens is 2. The molecule has 1 aliphatic carbocycles. The standard InChI is InChI=1S/C28H31F3N4O5S/c1-2-41(39,40)21-8-3-17(4-9-21)23(16-36)33-26(37)18-5-10-24-22(15-18)32-25(35(24)20-6-7-20)27(38)34-13-11-19(12-14-34)28(29,30)31/h3-5,8-10,15,19-20,23,36H,2,6-7,11-14,16H2,1H3,(H,33,37)/t23-/m0/s1. The first-order valence-electron chi connectivity index (χ1n) is 13.6. The minimum absolute atomic E-state index is 0.00155. The number of hydrogen-bond acceptors (Lipinski definition) is 6. The number of carbonyl (C=O) groups is 2. The number of carbonyl (C=O) groups excluding carboxylic acids is 2. The molecule has 1 aliphatic heterocycles. The number of aliphatic hydroxyl groups is 1. The maximum absolute atomic E-state index is 13.4. The molecule has 5 rings (SSSR count). The second kappa shape index (κ2) is 11.1. The van der Waals surface area contributed by atoms with Crippen molar-refractivity contribution in [3.63, 3.8) is 0 Å². The van der Waals surface area contributed by atoms with Gasteiger partial charge in [-0.05, 0) is 61.6 Å². The molecule has 2 aromatic carbocycles. The zero-order chi connectivity index (χ0) is 29.5. The Hall–Kier alpha value is -3.45. The number of rotatable bonds is 8. The largest absolute Gasteiger partial charge is 0.394 e. The van der Waals surface area contributed by atoms with E-state index in [-0.39, 0.29) is 54.0 Å². The van der Waals surface area contributed by atoms with Gasteiger partial charge in [0.05, 0.1) is 40.2 Å². The van der Waals surface area contributed by atoms with Crippen LogP contribution in [0, 0.1) is 5.92 Å². The lowest BCUT2D eigenvalue weighted by Crippen LogP contribution is -2.42. The minimum Gasteiger partial charge on any atom is -0.394 e. The number of amides is 2. The first-order chi connectivity index (χ1) is 19.4. The van der Waals surface area contributed by atoms with Crippen LogP contribution in [0.1, 0.15) is 71.2 Å². The summed E-state index contributed by atoms with van der Waals surface area (Å²) < 4.78 is 65.3. The van der Waals surface area contributed by atoms with Gasteiger partial charge in [-0.1, -0.05) is 19.1 Å². The molecule has 220 valence electrons. The third kappa shape index (κ3) is 5.96. The third-order valence-electron chi connectivity index (χ3n) is 7.81. The van der Waals surface area contributed by atoms with Crippen LogP contribution in [0.5, 0.6) is 0 Å².